The summed E-state index contributed by atoms with van der Waals surface area (Å²) < 4.78 is 27.1. The van der Waals surface area contributed by atoms with Crippen LogP contribution in [-0.2, 0) is 13.0 Å². The Morgan fingerprint density at radius 1 is 0.943 bits per heavy atom. The smallest absolute Gasteiger partial charge is 0.159 e. The van der Waals surface area contributed by atoms with E-state index in [0.717, 1.165) is 38.0 Å². The van der Waals surface area contributed by atoms with Crippen LogP contribution in [0.2, 0.25) is 0 Å². The average Bonchev–Trinajstić information content (AvgIpc) is 2.85. The lowest BCUT2D eigenvalue weighted by Crippen LogP contribution is -2.33. The van der Waals surface area contributed by atoms with Crippen LogP contribution in [0, 0.1) is 17.0 Å². The van der Waals surface area contributed by atoms with Gasteiger partial charge in [-0.2, -0.15) is 0 Å². The molecule has 4 rings (SSSR count). The summed E-state index contributed by atoms with van der Waals surface area (Å²) in [6.45, 7) is 14.0. The Hall–Kier alpha value is -2.78. The van der Waals surface area contributed by atoms with Crippen molar-refractivity contribution in [1.82, 2.24) is 4.90 Å². The molecule has 1 nitrogen and oxygen atoms in total. The molecule has 0 spiro atoms. The number of hydrogen-bond acceptors (Lipinski definition) is 1. The lowest BCUT2D eigenvalue weighted by molar-refractivity contribution is 0.200. The first-order valence-corrected chi connectivity index (χ1v) is 12.8. The number of allylic oxidation sites excluding steroid dienone is 1. The molecule has 0 aliphatic carbocycles. The topological polar surface area (TPSA) is 3.24 Å². The first kappa shape index (κ1) is 25.3. The van der Waals surface area contributed by atoms with Gasteiger partial charge in [0.25, 0.3) is 0 Å². The number of benzene rings is 3. The highest BCUT2D eigenvalue weighted by Crippen LogP contribution is 2.34. The monoisotopic (exact) mass is 473 g/mol. The Morgan fingerprint density at radius 3 is 2.46 bits per heavy atom. The van der Waals surface area contributed by atoms with Gasteiger partial charge in [-0.15, -0.1) is 0 Å². The van der Waals surface area contributed by atoms with Gasteiger partial charge in [0, 0.05) is 13.1 Å². The SMILES string of the molecule is C=C(CC)C(C)(C)Cc1cccc(C2CCCN(Cc3cccc(-c4ccc(F)c(F)c4)c3)C2)c1. The standard InChI is InChI=1S/C32H37F2N/c1-5-23(2)32(3,4)20-24-9-6-12-27(17-24)29-13-8-16-35(22-29)21-25-10-7-11-26(18-25)28-14-15-30(33)31(34)19-28/h6-7,9-12,14-15,17-19,29H,2,5,8,13,16,20-22H2,1,3-4H3. The molecule has 1 aliphatic rings. The van der Waals surface area contributed by atoms with E-state index >= 15 is 0 Å². The van der Waals surface area contributed by atoms with Gasteiger partial charge in [-0.3, -0.25) is 4.90 Å². The number of rotatable bonds is 8. The van der Waals surface area contributed by atoms with Gasteiger partial charge in [-0.05, 0) is 89.6 Å². The van der Waals surface area contributed by atoms with Gasteiger partial charge in [0.2, 0.25) is 0 Å². The molecule has 1 unspecified atom stereocenters. The summed E-state index contributed by atoms with van der Waals surface area (Å²) in [6.07, 6.45) is 4.41. The fourth-order valence-electron chi connectivity index (χ4n) is 5.33. The van der Waals surface area contributed by atoms with Crippen molar-refractivity contribution < 1.29 is 8.78 Å². The highest BCUT2D eigenvalue weighted by molar-refractivity contribution is 5.64. The summed E-state index contributed by atoms with van der Waals surface area (Å²) >= 11 is 0. The third kappa shape index (κ3) is 6.27. The van der Waals surface area contributed by atoms with E-state index in [2.05, 4.69) is 68.6 Å². The minimum absolute atomic E-state index is 0.102. The molecule has 0 saturated carbocycles. The van der Waals surface area contributed by atoms with E-state index in [1.807, 2.05) is 12.1 Å². The summed E-state index contributed by atoms with van der Waals surface area (Å²) in [5.74, 6) is -1.10. The van der Waals surface area contributed by atoms with Crippen LogP contribution >= 0.6 is 0 Å². The van der Waals surface area contributed by atoms with Crippen molar-refractivity contribution in [2.45, 2.75) is 58.9 Å². The molecule has 1 aliphatic heterocycles. The van der Waals surface area contributed by atoms with Gasteiger partial charge in [0.15, 0.2) is 11.6 Å². The summed E-state index contributed by atoms with van der Waals surface area (Å²) in [4.78, 5) is 2.52. The summed E-state index contributed by atoms with van der Waals surface area (Å²) in [6, 6.07) is 21.4. The summed E-state index contributed by atoms with van der Waals surface area (Å²) in [7, 11) is 0. The Kier molecular flexibility index (Phi) is 7.86. The quantitative estimate of drug-likeness (QED) is 0.296. The molecule has 0 radical (unpaired) electrons. The molecule has 35 heavy (non-hydrogen) atoms. The lowest BCUT2D eigenvalue weighted by Gasteiger charge is -2.33. The second-order valence-electron chi connectivity index (χ2n) is 10.7. The third-order valence-electron chi connectivity index (χ3n) is 7.54. The van der Waals surface area contributed by atoms with Crippen LogP contribution in [0.5, 0.6) is 0 Å². The maximum atomic E-state index is 13.7. The molecule has 3 heteroatoms. The molecule has 0 bridgehead atoms. The molecule has 3 aromatic rings. The van der Waals surface area contributed by atoms with Gasteiger partial charge in [-0.1, -0.05) is 81.5 Å². The van der Waals surface area contributed by atoms with Gasteiger partial charge in [-0.25, -0.2) is 8.78 Å². The molecule has 1 atom stereocenters. The fraction of sp³-hybridized carbons (Fsp3) is 0.375. The molecular weight excluding hydrogens is 436 g/mol. The number of likely N-dealkylation sites (tertiary alicyclic amines) is 1. The number of hydrogen-bond donors (Lipinski definition) is 0. The number of nitrogens with zero attached hydrogens (tertiary/aromatic N) is 1. The molecule has 0 amide bonds. The molecular formula is C32H37F2N. The predicted molar refractivity (Wildman–Crippen MR) is 142 cm³/mol. The number of halogens is 2. The fourth-order valence-corrected chi connectivity index (χ4v) is 5.33. The van der Waals surface area contributed by atoms with Crippen LogP contribution in [0.15, 0.2) is 78.9 Å². The van der Waals surface area contributed by atoms with E-state index in [9.17, 15) is 8.78 Å². The average molecular weight is 474 g/mol. The number of piperidine rings is 1. The van der Waals surface area contributed by atoms with E-state index in [0.29, 0.717) is 11.5 Å². The molecule has 1 saturated heterocycles. The van der Waals surface area contributed by atoms with Gasteiger partial charge in [0.1, 0.15) is 0 Å². The van der Waals surface area contributed by atoms with Crippen molar-refractivity contribution in [3.8, 4) is 11.1 Å². The summed E-state index contributed by atoms with van der Waals surface area (Å²) in [5, 5.41) is 0. The van der Waals surface area contributed by atoms with Gasteiger partial charge < -0.3 is 0 Å². The van der Waals surface area contributed by atoms with Crippen molar-refractivity contribution >= 4 is 0 Å². The minimum atomic E-state index is -0.813. The van der Waals surface area contributed by atoms with E-state index in [4.69, 9.17) is 0 Å². The first-order valence-electron chi connectivity index (χ1n) is 12.8. The first-order chi connectivity index (χ1) is 16.7. The zero-order valence-corrected chi connectivity index (χ0v) is 21.3. The molecule has 0 aromatic heterocycles. The van der Waals surface area contributed by atoms with Crippen LogP contribution < -0.4 is 0 Å². The Labute approximate surface area is 209 Å². The molecule has 0 N–H and O–H groups in total. The Morgan fingerprint density at radius 2 is 1.69 bits per heavy atom. The van der Waals surface area contributed by atoms with E-state index in [1.165, 1.54) is 47.2 Å². The highest BCUT2D eigenvalue weighted by atomic mass is 19.2. The third-order valence-corrected chi connectivity index (χ3v) is 7.54. The zero-order valence-electron chi connectivity index (χ0n) is 21.3. The van der Waals surface area contributed by atoms with Gasteiger partial charge >= 0.3 is 0 Å². The molecule has 184 valence electrons. The Balaban J connectivity index is 1.45. The van der Waals surface area contributed by atoms with Crippen LogP contribution in [0.3, 0.4) is 0 Å². The van der Waals surface area contributed by atoms with Crippen molar-refractivity contribution in [2.75, 3.05) is 13.1 Å². The van der Waals surface area contributed by atoms with Crippen molar-refractivity contribution in [3.63, 3.8) is 0 Å². The Bertz CT molecular complexity index is 1180. The highest BCUT2D eigenvalue weighted by Gasteiger charge is 2.24. The zero-order chi connectivity index (χ0) is 25.0. The minimum Gasteiger partial charge on any atom is -0.298 e. The van der Waals surface area contributed by atoms with E-state index in [-0.39, 0.29) is 5.41 Å². The normalized spacial score (nSPS) is 16.9. The largest absolute Gasteiger partial charge is 0.298 e. The second kappa shape index (κ2) is 10.9. The van der Waals surface area contributed by atoms with E-state index in [1.54, 1.807) is 6.07 Å². The van der Waals surface area contributed by atoms with Crippen molar-refractivity contribution in [2.24, 2.45) is 5.41 Å². The van der Waals surface area contributed by atoms with E-state index < -0.39 is 11.6 Å². The van der Waals surface area contributed by atoms with Crippen LogP contribution in [0.4, 0.5) is 8.78 Å². The van der Waals surface area contributed by atoms with Crippen LogP contribution in [0.25, 0.3) is 11.1 Å². The summed E-state index contributed by atoms with van der Waals surface area (Å²) in [5.41, 5.74) is 7.04. The lowest BCUT2D eigenvalue weighted by atomic mass is 9.77. The predicted octanol–water partition coefficient (Wildman–Crippen LogP) is 8.55. The van der Waals surface area contributed by atoms with Crippen LogP contribution in [0.1, 0.15) is 62.6 Å². The molecule has 1 fully saturated rings. The van der Waals surface area contributed by atoms with Crippen LogP contribution in [-0.4, -0.2) is 18.0 Å². The van der Waals surface area contributed by atoms with Gasteiger partial charge in [0.05, 0.1) is 0 Å². The maximum absolute atomic E-state index is 13.7. The second-order valence-corrected chi connectivity index (χ2v) is 10.7. The maximum Gasteiger partial charge on any atom is 0.159 e. The van der Waals surface area contributed by atoms with Crippen molar-refractivity contribution in [3.05, 3.63) is 107 Å². The molecule has 3 aromatic carbocycles. The van der Waals surface area contributed by atoms with Crippen molar-refractivity contribution in [1.29, 1.82) is 0 Å². The molecule has 1 heterocycles.